The Hall–Kier alpha value is -0.214. The van der Waals surface area contributed by atoms with E-state index in [1.807, 2.05) is 20.5 Å². The number of carbonyl (C=O) groups is 5. The number of carbonyl (C=O) groups excluding carboxylic acids is 5. The second kappa shape index (κ2) is 197. The van der Waals surface area contributed by atoms with Crippen molar-refractivity contribution in [2.24, 2.45) is 45.9 Å². The van der Waals surface area contributed by atoms with Gasteiger partial charge in [-0.15, -0.1) is 0 Å². The molecule has 2 aliphatic carbocycles. The number of rotatable bonds is 2. The van der Waals surface area contributed by atoms with Gasteiger partial charge in [0.1, 0.15) is 26.0 Å². The molecule has 0 aromatic carbocycles. The van der Waals surface area contributed by atoms with Crippen molar-refractivity contribution in [1.29, 1.82) is 0 Å². The standard InChI is InChI=1S/C4H4Cl2O.C4H6O2.C4H6O.C3H8O.C2H5FO.C2H4O.8CH5N.2CH2O.8CH4.FH.K.H/c5-4(6)2-1-3(4)7;5-4-2-1-3-6-4;5-4-2-1-3-4;1-2-3-4;3-1-2-4;1-2-3-1;10*1-2;;;;;;;;;;;/h1-2H2;1-3H2;1-3H2;4H,2-3H2,1H3;4H,1-2H2;1-2H2;8*2H2,1H3;2*1H2;8*1H4;1H;;/q;;;;;;;;;;;;;;;;;;;;;;;;;+1;-1. The Morgan fingerprint density at radius 1 is 0.610 bits per heavy atom. The molecule has 4 fully saturated rings. The van der Waals surface area contributed by atoms with Crippen LogP contribution in [0.2, 0.25) is 0 Å². The van der Waals surface area contributed by atoms with E-state index in [2.05, 4.69) is 55.3 Å². The van der Waals surface area contributed by atoms with Crippen molar-refractivity contribution in [3.8, 4) is 0 Å². The van der Waals surface area contributed by atoms with Crippen LogP contribution >= 0.6 is 23.2 Å². The Bertz CT molecular complexity index is 513. The van der Waals surface area contributed by atoms with Gasteiger partial charge in [-0.3, -0.25) is 19.1 Å². The fraction of sp³-hybridized carbons (Fsp3) is 0.865. The van der Waals surface area contributed by atoms with Crippen molar-refractivity contribution in [2.75, 3.05) is 96.1 Å². The summed E-state index contributed by atoms with van der Waals surface area (Å²) in [5, 5.41) is 15.4. The predicted molar refractivity (Wildman–Crippen MR) is 262 cm³/mol. The van der Waals surface area contributed by atoms with Gasteiger partial charge in [0.05, 0.1) is 26.4 Å². The van der Waals surface area contributed by atoms with E-state index in [-0.39, 0.29) is 135 Å². The van der Waals surface area contributed by atoms with Gasteiger partial charge >= 0.3 is 57.4 Å². The van der Waals surface area contributed by atoms with E-state index >= 15 is 0 Å². The fourth-order valence-electron chi connectivity index (χ4n) is 1.21. The zero-order chi connectivity index (χ0) is 42.5. The van der Waals surface area contributed by atoms with Crippen molar-refractivity contribution in [2.45, 2.75) is 122 Å². The first-order valence-corrected chi connectivity index (χ1v) is 15.6. The van der Waals surface area contributed by atoms with Crippen molar-refractivity contribution in [1.82, 2.24) is 0 Å². The summed E-state index contributed by atoms with van der Waals surface area (Å²) in [5.41, 5.74) is 36.0. The van der Waals surface area contributed by atoms with Crippen LogP contribution in [0.1, 0.15) is 119 Å². The van der Waals surface area contributed by atoms with Crippen molar-refractivity contribution in [3.05, 3.63) is 0 Å². The second-order valence-electron chi connectivity index (χ2n) is 6.09. The summed E-state index contributed by atoms with van der Waals surface area (Å²) >= 11 is 10.7. The quantitative estimate of drug-likeness (QED) is 0.0812. The Kier molecular flexibility index (Phi) is 483. The van der Waals surface area contributed by atoms with Gasteiger partial charge in [0, 0.05) is 32.3 Å². The number of epoxide rings is 1. The first-order valence-electron chi connectivity index (χ1n) is 14.9. The molecule has 0 radical (unpaired) electrons. The smallest absolute Gasteiger partial charge is 1.00 e. The molecule has 0 aromatic rings. The number of halogens is 4. The normalized spacial score (nSPS) is 10.4. The third kappa shape index (κ3) is 233. The Morgan fingerprint density at radius 3 is 0.847 bits per heavy atom. The van der Waals surface area contributed by atoms with Crippen LogP contribution in [-0.2, 0) is 33.4 Å². The third-order valence-corrected chi connectivity index (χ3v) is 4.09. The molecule has 2 aliphatic heterocycles. The number of hydrogen-bond donors (Lipinski definition) is 10. The van der Waals surface area contributed by atoms with Gasteiger partial charge < -0.3 is 76.6 Å². The van der Waals surface area contributed by atoms with E-state index in [1.165, 1.54) is 56.4 Å². The molecule has 4 aliphatic rings. The fourth-order valence-corrected chi connectivity index (χ4v) is 1.59. The molecular weight excluding hydrogens is 848 g/mol. The monoisotopic (exact) mass is 959 g/mol. The number of alkyl halides is 3. The van der Waals surface area contributed by atoms with Crippen LogP contribution in [0.3, 0.4) is 0 Å². The Morgan fingerprint density at radius 2 is 0.831 bits per heavy atom. The number of aliphatic hydroxyl groups is 2. The first kappa shape index (κ1) is 145. The predicted octanol–water partition coefficient (Wildman–Crippen LogP) is 1.53. The number of hydrogen-bond acceptors (Lipinski definition) is 17. The van der Waals surface area contributed by atoms with Crippen LogP contribution in [0.4, 0.5) is 9.09 Å². The van der Waals surface area contributed by atoms with E-state index < -0.39 is 11.0 Å². The van der Waals surface area contributed by atoms with Crippen LogP contribution in [0.15, 0.2) is 0 Å². The van der Waals surface area contributed by atoms with Gasteiger partial charge in [0.15, 0.2) is 10.1 Å². The minimum Gasteiger partial charge on any atom is -1.00 e. The SMILES string of the molecule is C.C.C.C.C.C.C.C.C1CO1.C=O.C=O.CCCO.CN.CN.CN.CN.CN.CN.CN.CN.F.O=C1CCC1.O=C1CCC1(Cl)Cl.O=C1CCCO1.OCCF.[H-].[K+]. The van der Waals surface area contributed by atoms with Crippen molar-refractivity contribution >= 4 is 54.3 Å². The summed E-state index contributed by atoms with van der Waals surface area (Å²) in [7, 11) is 12.0. The zero-order valence-corrected chi connectivity index (χ0v) is 37.9. The largest absolute Gasteiger partial charge is 1.00 e. The van der Waals surface area contributed by atoms with Gasteiger partial charge in [-0.25, -0.2) is 4.39 Å². The summed E-state index contributed by atoms with van der Waals surface area (Å²) in [6.07, 6.45) is 6.42. The molecule has 0 aromatic heterocycles. The molecule has 0 bridgehead atoms. The molecular formula is C37H111Cl2F2KN8O9. The third-order valence-electron chi connectivity index (χ3n) is 3.29. The minimum atomic E-state index is -1.01. The summed E-state index contributed by atoms with van der Waals surface area (Å²) in [6, 6.07) is 0. The van der Waals surface area contributed by atoms with Crippen LogP contribution in [0.5, 0.6) is 0 Å². The average Bonchev–Trinajstić information content (AvgIpc) is 4.03. The van der Waals surface area contributed by atoms with Crippen molar-refractivity contribution < 1.29 is 106 Å². The van der Waals surface area contributed by atoms with E-state index in [0.717, 1.165) is 45.3 Å². The molecule has 2 saturated heterocycles. The number of esters is 1. The molecule has 0 amide bonds. The van der Waals surface area contributed by atoms with Gasteiger partial charge in [-0.2, -0.15) is 0 Å². The molecule has 2 heterocycles. The molecule has 4 rings (SSSR count). The number of ether oxygens (including phenoxy) is 2. The van der Waals surface area contributed by atoms with Crippen LogP contribution in [-0.4, -0.2) is 142 Å². The maximum Gasteiger partial charge on any atom is 1.00 e. The molecule has 382 valence electrons. The maximum absolute atomic E-state index is 10.5. The summed E-state index contributed by atoms with van der Waals surface area (Å²) in [5.74, 6) is 0.343. The average molecular weight is 960 g/mol. The molecule has 0 spiro atoms. The molecule has 0 atom stereocenters. The first-order chi connectivity index (χ1) is 23.7. The van der Waals surface area contributed by atoms with Gasteiger partial charge in [0.25, 0.3) is 0 Å². The van der Waals surface area contributed by atoms with Crippen LogP contribution < -0.4 is 97.3 Å². The number of ketones is 2. The molecule has 17 nitrogen and oxygen atoms in total. The van der Waals surface area contributed by atoms with E-state index in [0.29, 0.717) is 38.3 Å². The zero-order valence-electron chi connectivity index (χ0n) is 34.2. The van der Waals surface area contributed by atoms with Gasteiger partial charge in [-0.1, -0.05) is 89.5 Å². The Labute approximate surface area is 420 Å². The minimum absolute atomic E-state index is 0. The topological polar surface area (TPSA) is 356 Å². The van der Waals surface area contributed by atoms with Crippen molar-refractivity contribution in [3.63, 3.8) is 0 Å². The van der Waals surface area contributed by atoms with E-state index in [9.17, 15) is 18.8 Å². The van der Waals surface area contributed by atoms with Crippen LogP contribution in [0, 0.1) is 0 Å². The number of Topliss-reactive ketones (excluding diaryl/α,β-unsaturated/α-hetero) is 2. The summed E-state index contributed by atoms with van der Waals surface area (Å²) in [6.45, 7) is 7.92. The number of cyclic esters (lactones) is 1. The van der Waals surface area contributed by atoms with E-state index in [4.69, 9.17) is 43.0 Å². The Balaban J connectivity index is -0.0000000117. The number of aliphatic hydroxyl groups excluding tert-OH is 2. The molecule has 22 heteroatoms. The molecule has 59 heavy (non-hydrogen) atoms. The second-order valence-corrected chi connectivity index (χ2v) is 7.58. The molecule has 18 N–H and O–H groups in total. The van der Waals surface area contributed by atoms with Gasteiger partial charge in [0.2, 0.25) is 0 Å². The maximum atomic E-state index is 10.5. The van der Waals surface area contributed by atoms with E-state index in [1.54, 1.807) is 0 Å². The summed E-state index contributed by atoms with van der Waals surface area (Å²) in [4.78, 5) is 46.2. The van der Waals surface area contributed by atoms with Crippen LogP contribution in [0.25, 0.3) is 0 Å². The van der Waals surface area contributed by atoms with Gasteiger partial charge in [-0.05, 0) is 82.1 Å². The number of nitrogens with two attached hydrogens (primary N) is 8. The molecule has 0 unspecified atom stereocenters. The molecule has 2 saturated carbocycles. The summed E-state index contributed by atoms with van der Waals surface area (Å²) < 4.78 is 18.5.